The third-order valence-electron chi connectivity index (χ3n) is 3.79. The monoisotopic (exact) mass is 256 g/mol. The van der Waals surface area contributed by atoms with Crippen molar-refractivity contribution in [2.75, 3.05) is 23.7 Å². The van der Waals surface area contributed by atoms with E-state index in [2.05, 4.69) is 34.3 Å². The highest BCUT2D eigenvalue weighted by molar-refractivity contribution is 5.77. The van der Waals surface area contributed by atoms with Gasteiger partial charge in [0, 0.05) is 37.5 Å². The molecule has 1 aliphatic heterocycles. The zero-order valence-corrected chi connectivity index (χ0v) is 11.3. The molecule has 100 valence electrons. The van der Waals surface area contributed by atoms with Crippen LogP contribution in [0.25, 0.3) is 11.3 Å². The van der Waals surface area contributed by atoms with Crippen LogP contribution in [0.2, 0.25) is 0 Å². The Morgan fingerprint density at radius 3 is 2.53 bits per heavy atom. The zero-order chi connectivity index (χ0) is 13.2. The summed E-state index contributed by atoms with van der Waals surface area (Å²) >= 11 is 0. The van der Waals surface area contributed by atoms with E-state index >= 15 is 0 Å². The Bertz CT molecular complexity index is 548. The van der Waals surface area contributed by atoms with Crippen LogP contribution in [0.15, 0.2) is 30.3 Å². The van der Waals surface area contributed by atoms with Crippen molar-refractivity contribution in [1.82, 2.24) is 9.78 Å². The maximum Gasteiger partial charge on any atom is 0.121 e. The molecule has 19 heavy (non-hydrogen) atoms. The van der Waals surface area contributed by atoms with Gasteiger partial charge in [0.05, 0.1) is 5.69 Å². The van der Waals surface area contributed by atoms with Gasteiger partial charge in [-0.05, 0) is 25.3 Å². The number of para-hydroxylation sites is 1. The average molecular weight is 256 g/mol. The molecule has 0 radical (unpaired) electrons. The summed E-state index contributed by atoms with van der Waals surface area (Å²) in [5, 5.41) is 4.50. The Morgan fingerprint density at radius 2 is 1.84 bits per heavy atom. The van der Waals surface area contributed by atoms with E-state index in [1.165, 1.54) is 30.5 Å². The molecule has 1 aromatic carbocycles. The van der Waals surface area contributed by atoms with Crippen molar-refractivity contribution in [2.45, 2.75) is 19.3 Å². The Balaban J connectivity index is 2.01. The number of benzene rings is 1. The highest BCUT2D eigenvalue weighted by Gasteiger charge is 2.16. The Morgan fingerprint density at radius 1 is 1.11 bits per heavy atom. The number of anilines is 2. The van der Waals surface area contributed by atoms with Gasteiger partial charge in [-0.25, -0.2) is 0 Å². The van der Waals surface area contributed by atoms with Gasteiger partial charge in [0.25, 0.3) is 0 Å². The van der Waals surface area contributed by atoms with Gasteiger partial charge >= 0.3 is 0 Å². The second kappa shape index (κ2) is 4.96. The molecule has 0 amide bonds. The van der Waals surface area contributed by atoms with E-state index in [4.69, 9.17) is 5.73 Å². The van der Waals surface area contributed by atoms with Crippen LogP contribution < -0.4 is 10.6 Å². The van der Waals surface area contributed by atoms with Gasteiger partial charge in [0.2, 0.25) is 0 Å². The first kappa shape index (κ1) is 12.1. The van der Waals surface area contributed by atoms with E-state index < -0.39 is 0 Å². The first-order chi connectivity index (χ1) is 9.25. The van der Waals surface area contributed by atoms with Crippen LogP contribution in [0.5, 0.6) is 0 Å². The lowest BCUT2D eigenvalue weighted by molar-refractivity contribution is 0.578. The molecule has 0 bridgehead atoms. The predicted molar refractivity (Wildman–Crippen MR) is 79.1 cm³/mol. The van der Waals surface area contributed by atoms with Crippen LogP contribution in [0.1, 0.15) is 19.3 Å². The number of piperidine rings is 1. The van der Waals surface area contributed by atoms with Crippen molar-refractivity contribution < 1.29 is 0 Å². The molecule has 0 spiro atoms. The lowest BCUT2D eigenvalue weighted by Gasteiger charge is -2.30. The number of hydrogen-bond acceptors (Lipinski definition) is 3. The van der Waals surface area contributed by atoms with Crippen molar-refractivity contribution in [1.29, 1.82) is 0 Å². The van der Waals surface area contributed by atoms with Crippen LogP contribution in [0, 0.1) is 0 Å². The van der Waals surface area contributed by atoms with Crippen molar-refractivity contribution in [3.05, 3.63) is 30.3 Å². The molecule has 4 heteroatoms. The summed E-state index contributed by atoms with van der Waals surface area (Å²) in [6, 6.07) is 10.4. The number of aromatic nitrogens is 2. The molecule has 1 aliphatic rings. The molecule has 2 aromatic rings. The van der Waals surface area contributed by atoms with E-state index in [1.54, 1.807) is 4.68 Å². The molecular weight excluding hydrogens is 236 g/mol. The Hall–Kier alpha value is -1.97. The van der Waals surface area contributed by atoms with Crippen LogP contribution in [0.4, 0.5) is 11.5 Å². The fourth-order valence-corrected chi connectivity index (χ4v) is 2.71. The van der Waals surface area contributed by atoms with E-state index in [1.807, 2.05) is 13.1 Å². The molecule has 2 N–H and O–H groups in total. The number of hydrogen-bond donors (Lipinski definition) is 1. The van der Waals surface area contributed by atoms with Crippen molar-refractivity contribution >= 4 is 11.5 Å². The van der Waals surface area contributed by atoms with Crippen LogP contribution in [-0.2, 0) is 7.05 Å². The van der Waals surface area contributed by atoms with Crippen molar-refractivity contribution in [3.63, 3.8) is 0 Å². The van der Waals surface area contributed by atoms with Gasteiger partial charge in [0.15, 0.2) is 0 Å². The van der Waals surface area contributed by atoms with Crippen LogP contribution in [0.3, 0.4) is 0 Å². The fourth-order valence-electron chi connectivity index (χ4n) is 2.71. The second-order valence-corrected chi connectivity index (χ2v) is 5.14. The van der Waals surface area contributed by atoms with E-state index in [9.17, 15) is 0 Å². The molecule has 0 aliphatic carbocycles. The maximum absolute atomic E-state index is 5.89. The van der Waals surface area contributed by atoms with Crippen LogP contribution in [-0.4, -0.2) is 22.9 Å². The minimum atomic E-state index is 0.698. The first-order valence-electron chi connectivity index (χ1n) is 6.89. The second-order valence-electron chi connectivity index (χ2n) is 5.14. The number of nitrogens with zero attached hydrogens (tertiary/aromatic N) is 3. The summed E-state index contributed by atoms with van der Waals surface area (Å²) < 4.78 is 1.72. The molecule has 0 atom stereocenters. The molecule has 1 aromatic heterocycles. The Labute approximate surface area is 113 Å². The summed E-state index contributed by atoms with van der Waals surface area (Å²) in [4.78, 5) is 2.46. The van der Waals surface area contributed by atoms with Gasteiger partial charge < -0.3 is 10.6 Å². The lowest BCUT2D eigenvalue weighted by atomic mass is 10.1. The Kier molecular flexibility index (Phi) is 3.15. The molecule has 1 saturated heterocycles. The van der Waals surface area contributed by atoms with E-state index in [0.717, 1.165) is 18.8 Å². The number of nitrogens with two attached hydrogens (primary N) is 1. The minimum absolute atomic E-state index is 0.698. The highest BCUT2D eigenvalue weighted by Crippen LogP contribution is 2.32. The van der Waals surface area contributed by atoms with Gasteiger partial charge in [-0.1, -0.05) is 18.2 Å². The smallest absolute Gasteiger partial charge is 0.121 e. The van der Waals surface area contributed by atoms with Gasteiger partial charge in [0.1, 0.15) is 5.82 Å². The predicted octanol–water partition coefficient (Wildman–Crippen LogP) is 2.66. The number of rotatable bonds is 2. The van der Waals surface area contributed by atoms with Crippen molar-refractivity contribution in [3.8, 4) is 11.3 Å². The number of nitrogen functional groups attached to an aromatic ring is 1. The third kappa shape index (κ3) is 2.30. The fraction of sp³-hybridized carbons (Fsp3) is 0.400. The summed E-state index contributed by atoms with van der Waals surface area (Å²) in [6.45, 7) is 2.28. The summed E-state index contributed by atoms with van der Waals surface area (Å²) in [5.41, 5.74) is 9.31. The summed E-state index contributed by atoms with van der Waals surface area (Å²) in [6.07, 6.45) is 3.90. The largest absolute Gasteiger partial charge is 0.384 e. The molecule has 1 fully saturated rings. The standard InChI is InChI=1S/C15H20N4/c1-18-15(16)11-13(17-18)12-7-3-4-8-14(12)19-9-5-2-6-10-19/h3-4,7-8,11H,2,5-6,9-10,16H2,1H3. The highest BCUT2D eigenvalue weighted by atomic mass is 15.3. The van der Waals surface area contributed by atoms with E-state index in [-0.39, 0.29) is 0 Å². The van der Waals surface area contributed by atoms with Gasteiger partial charge in [-0.15, -0.1) is 0 Å². The molecular formula is C15H20N4. The third-order valence-corrected chi connectivity index (χ3v) is 3.79. The topological polar surface area (TPSA) is 47.1 Å². The molecule has 0 unspecified atom stereocenters. The zero-order valence-electron chi connectivity index (χ0n) is 11.3. The van der Waals surface area contributed by atoms with Crippen molar-refractivity contribution in [2.24, 2.45) is 7.05 Å². The first-order valence-corrected chi connectivity index (χ1v) is 6.89. The molecule has 3 rings (SSSR count). The summed E-state index contributed by atoms with van der Waals surface area (Å²) in [5.74, 6) is 0.698. The quantitative estimate of drug-likeness (QED) is 0.898. The summed E-state index contributed by atoms with van der Waals surface area (Å²) in [7, 11) is 1.88. The SMILES string of the molecule is Cn1nc(-c2ccccc2N2CCCCC2)cc1N. The van der Waals surface area contributed by atoms with Gasteiger partial charge in [-0.2, -0.15) is 5.10 Å². The molecule has 4 nitrogen and oxygen atoms in total. The van der Waals surface area contributed by atoms with Crippen LogP contribution >= 0.6 is 0 Å². The average Bonchev–Trinajstić information content (AvgIpc) is 2.80. The number of aryl methyl sites for hydroxylation is 1. The van der Waals surface area contributed by atoms with Gasteiger partial charge in [-0.3, -0.25) is 4.68 Å². The minimum Gasteiger partial charge on any atom is -0.384 e. The normalized spacial score (nSPS) is 15.7. The maximum atomic E-state index is 5.89. The molecule has 2 heterocycles. The molecule has 0 saturated carbocycles. The van der Waals surface area contributed by atoms with E-state index in [0.29, 0.717) is 5.82 Å². The lowest BCUT2D eigenvalue weighted by Crippen LogP contribution is -2.29.